The normalized spacial score (nSPS) is 22.9. The van der Waals surface area contributed by atoms with Crippen LogP contribution in [0.2, 0.25) is 0 Å². The monoisotopic (exact) mass is 488 g/mol. The van der Waals surface area contributed by atoms with Gasteiger partial charge in [-0.3, -0.25) is 14.5 Å². The minimum absolute atomic E-state index is 0.0467. The molecule has 34 heavy (non-hydrogen) atoms. The van der Waals surface area contributed by atoms with E-state index < -0.39 is 9.84 Å². The zero-order valence-electron chi connectivity index (χ0n) is 20.0. The number of rotatable bonds is 5. The molecule has 1 atom stereocenters. The molecule has 0 N–H and O–H groups in total. The van der Waals surface area contributed by atoms with E-state index in [2.05, 4.69) is 10.00 Å². The third-order valence-electron chi connectivity index (χ3n) is 7.15. The molecule has 0 spiro atoms. The number of fused-ring (bicyclic) bond motifs is 1. The number of aromatic nitrogens is 3. The summed E-state index contributed by atoms with van der Waals surface area (Å²) in [4.78, 5) is 36.1. The first-order chi connectivity index (χ1) is 16.1. The molecule has 5 rings (SSSR count). The SMILES string of the molecule is Cc1nn(C2CCS(=O)(=O)C2)c2nc(C3CC3)cc(C(=O)N3CCN(CC(=O)N(C)C)CC3)c12. The number of nitrogens with zero attached hydrogens (tertiary/aromatic N) is 6. The lowest BCUT2D eigenvalue weighted by Gasteiger charge is -2.35. The van der Waals surface area contributed by atoms with Crippen LogP contribution < -0.4 is 0 Å². The number of carbonyl (C=O) groups is 2. The lowest BCUT2D eigenvalue weighted by atomic mass is 10.1. The smallest absolute Gasteiger partial charge is 0.254 e. The molecule has 0 bridgehead atoms. The number of likely N-dealkylation sites (N-methyl/N-ethyl adjacent to an activating group) is 1. The number of aryl methyl sites for hydroxylation is 1. The van der Waals surface area contributed by atoms with Gasteiger partial charge in [-0.2, -0.15) is 5.10 Å². The van der Waals surface area contributed by atoms with Crippen molar-refractivity contribution in [3.8, 4) is 0 Å². The standard InChI is InChI=1S/C23H32N6O4S/c1-15-21-18(23(31)28-9-7-27(8-10-28)13-20(30)26(2)3)12-19(16-4-5-16)24-22(21)29(25-15)17-6-11-34(32,33)14-17/h12,16-17H,4-11,13-14H2,1-3H3. The van der Waals surface area contributed by atoms with Gasteiger partial charge < -0.3 is 9.80 Å². The summed E-state index contributed by atoms with van der Waals surface area (Å²) in [5.41, 5.74) is 2.83. The molecular weight excluding hydrogens is 456 g/mol. The molecule has 1 unspecified atom stereocenters. The number of amides is 2. The Morgan fingerprint density at radius 3 is 2.41 bits per heavy atom. The van der Waals surface area contributed by atoms with Crippen LogP contribution in [0.4, 0.5) is 0 Å². The maximum Gasteiger partial charge on any atom is 0.254 e. The second-order valence-corrected chi connectivity index (χ2v) is 12.2. The molecule has 2 aromatic rings. The number of sulfone groups is 1. The van der Waals surface area contributed by atoms with Crippen molar-refractivity contribution in [1.29, 1.82) is 0 Å². The summed E-state index contributed by atoms with van der Waals surface area (Å²) in [6.07, 6.45) is 2.62. The zero-order valence-corrected chi connectivity index (χ0v) is 20.8. The summed E-state index contributed by atoms with van der Waals surface area (Å²) in [5.74, 6) is 0.583. The van der Waals surface area contributed by atoms with Gasteiger partial charge in [-0.1, -0.05) is 0 Å². The minimum atomic E-state index is -3.08. The van der Waals surface area contributed by atoms with Crippen molar-refractivity contribution in [2.24, 2.45) is 0 Å². The summed E-state index contributed by atoms with van der Waals surface area (Å²) in [5, 5.41) is 5.40. The molecule has 2 aromatic heterocycles. The second kappa shape index (κ2) is 8.60. The maximum atomic E-state index is 13.7. The van der Waals surface area contributed by atoms with Crippen LogP contribution in [0.25, 0.3) is 11.0 Å². The lowest BCUT2D eigenvalue weighted by molar-refractivity contribution is -0.130. The molecule has 2 aliphatic heterocycles. The first kappa shape index (κ1) is 23.2. The molecule has 2 amide bonds. The molecule has 1 aliphatic carbocycles. The zero-order chi connectivity index (χ0) is 24.2. The van der Waals surface area contributed by atoms with E-state index in [1.807, 2.05) is 17.9 Å². The van der Waals surface area contributed by atoms with Gasteiger partial charge in [0.1, 0.15) is 0 Å². The number of carbonyl (C=O) groups excluding carboxylic acids is 2. The average molecular weight is 489 g/mol. The van der Waals surface area contributed by atoms with Crippen molar-refractivity contribution >= 4 is 32.7 Å². The minimum Gasteiger partial charge on any atom is -0.348 e. The van der Waals surface area contributed by atoms with Crippen molar-refractivity contribution < 1.29 is 18.0 Å². The number of hydrogen-bond acceptors (Lipinski definition) is 7. The predicted octanol–water partition coefficient (Wildman–Crippen LogP) is 0.823. The highest BCUT2D eigenvalue weighted by Crippen LogP contribution is 2.41. The Hall–Kier alpha value is -2.53. The molecule has 2 saturated heterocycles. The van der Waals surface area contributed by atoms with E-state index in [1.54, 1.807) is 23.7 Å². The number of hydrogen-bond donors (Lipinski definition) is 0. The average Bonchev–Trinajstić information content (AvgIpc) is 3.51. The quantitative estimate of drug-likeness (QED) is 0.613. The molecule has 184 valence electrons. The number of pyridine rings is 1. The van der Waals surface area contributed by atoms with E-state index in [1.165, 1.54) is 0 Å². The molecular formula is C23H32N6O4S. The molecule has 4 heterocycles. The second-order valence-electron chi connectivity index (χ2n) is 10.0. The van der Waals surface area contributed by atoms with Gasteiger partial charge in [0.15, 0.2) is 15.5 Å². The molecule has 3 aliphatic rings. The van der Waals surface area contributed by atoms with E-state index in [0.29, 0.717) is 62.0 Å². The van der Waals surface area contributed by atoms with Crippen molar-refractivity contribution in [1.82, 2.24) is 29.5 Å². The van der Waals surface area contributed by atoms with E-state index in [0.717, 1.165) is 23.9 Å². The van der Waals surface area contributed by atoms with Crippen LogP contribution in [0.5, 0.6) is 0 Å². The molecule has 1 saturated carbocycles. The van der Waals surface area contributed by atoms with Gasteiger partial charge in [-0.15, -0.1) is 0 Å². The van der Waals surface area contributed by atoms with Crippen LogP contribution in [0, 0.1) is 6.92 Å². The summed E-state index contributed by atoms with van der Waals surface area (Å²) in [6.45, 7) is 4.62. The highest BCUT2D eigenvalue weighted by atomic mass is 32.2. The molecule has 10 nitrogen and oxygen atoms in total. The molecule has 0 aromatic carbocycles. The van der Waals surface area contributed by atoms with Crippen molar-refractivity contribution in [2.45, 2.75) is 38.1 Å². The highest BCUT2D eigenvalue weighted by Gasteiger charge is 2.35. The largest absolute Gasteiger partial charge is 0.348 e. The third kappa shape index (κ3) is 4.43. The fraction of sp³-hybridized carbons (Fsp3) is 0.652. The van der Waals surface area contributed by atoms with Gasteiger partial charge in [-0.25, -0.2) is 18.1 Å². The Bertz CT molecular complexity index is 1240. The van der Waals surface area contributed by atoms with Gasteiger partial charge in [-0.05, 0) is 32.3 Å². The fourth-order valence-electron chi connectivity index (χ4n) is 4.92. The highest BCUT2D eigenvalue weighted by molar-refractivity contribution is 7.91. The van der Waals surface area contributed by atoms with Gasteiger partial charge in [0.25, 0.3) is 5.91 Å². The Balaban J connectivity index is 1.44. The Morgan fingerprint density at radius 1 is 1.12 bits per heavy atom. The summed E-state index contributed by atoms with van der Waals surface area (Å²) in [7, 11) is 0.420. The third-order valence-corrected chi connectivity index (χ3v) is 8.90. The Labute approximate surface area is 199 Å². The van der Waals surface area contributed by atoms with Crippen LogP contribution in [0.15, 0.2) is 6.07 Å². The topological polar surface area (TPSA) is 109 Å². The first-order valence-electron chi connectivity index (χ1n) is 11.9. The van der Waals surface area contributed by atoms with Gasteiger partial charge >= 0.3 is 0 Å². The van der Waals surface area contributed by atoms with Crippen LogP contribution in [-0.2, 0) is 14.6 Å². The first-order valence-corrected chi connectivity index (χ1v) is 13.8. The molecule has 3 fully saturated rings. The van der Waals surface area contributed by atoms with Crippen molar-refractivity contribution in [3.05, 3.63) is 23.0 Å². The van der Waals surface area contributed by atoms with E-state index in [4.69, 9.17) is 4.98 Å². The van der Waals surface area contributed by atoms with Crippen molar-refractivity contribution in [3.63, 3.8) is 0 Å². The van der Waals surface area contributed by atoms with E-state index in [9.17, 15) is 18.0 Å². The van der Waals surface area contributed by atoms with Crippen molar-refractivity contribution in [2.75, 3.05) is 58.3 Å². The predicted molar refractivity (Wildman–Crippen MR) is 128 cm³/mol. The summed E-state index contributed by atoms with van der Waals surface area (Å²) < 4.78 is 26.0. The number of piperazine rings is 1. The summed E-state index contributed by atoms with van der Waals surface area (Å²) >= 11 is 0. The Morgan fingerprint density at radius 2 is 1.82 bits per heavy atom. The van der Waals surface area contributed by atoms with Crippen LogP contribution in [0.1, 0.15) is 53.0 Å². The van der Waals surface area contributed by atoms with E-state index >= 15 is 0 Å². The Kier molecular flexibility index (Phi) is 5.87. The summed E-state index contributed by atoms with van der Waals surface area (Å²) in [6, 6.07) is 1.68. The molecule has 11 heteroatoms. The lowest BCUT2D eigenvalue weighted by Crippen LogP contribution is -2.51. The molecule has 0 radical (unpaired) electrons. The van der Waals surface area contributed by atoms with E-state index in [-0.39, 0.29) is 29.4 Å². The van der Waals surface area contributed by atoms with Crippen LogP contribution >= 0.6 is 0 Å². The van der Waals surface area contributed by atoms with Gasteiger partial charge in [0.05, 0.1) is 40.7 Å². The van der Waals surface area contributed by atoms with Crippen LogP contribution in [0.3, 0.4) is 0 Å². The van der Waals surface area contributed by atoms with Crippen LogP contribution in [-0.4, -0.2) is 108 Å². The maximum absolute atomic E-state index is 13.7. The van der Waals surface area contributed by atoms with Gasteiger partial charge in [0, 0.05) is 51.9 Å². The fourth-order valence-corrected chi connectivity index (χ4v) is 6.62. The van der Waals surface area contributed by atoms with Gasteiger partial charge in [0.2, 0.25) is 5.91 Å².